The van der Waals surface area contributed by atoms with E-state index in [0.717, 1.165) is 18.4 Å². The summed E-state index contributed by atoms with van der Waals surface area (Å²) >= 11 is 0. The number of ketones is 1. The third-order valence-corrected chi connectivity index (χ3v) is 6.98. The number of aliphatic hydroxyl groups excluding tert-OH is 1. The van der Waals surface area contributed by atoms with Crippen molar-refractivity contribution in [2.24, 2.45) is 17.8 Å². The molecule has 0 radical (unpaired) electrons. The predicted octanol–water partition coefficient (Wildman–Crippen LogP) is 4.04. The topological polar surface area (TPSA) is 98.9 Å². The molecule has 180 valence electrons. The summed E-state index contributed by atoms with van der Waals surface area (Å²) in [5.74, 6) is -0.458. The summed E-state index contributed by atoms with van der Waals surface area (Å²) < 4.78 is 10.6. The summed E-state index contributed by atoms with van der Waals surface area (Å²) in [6, 6.07) is 8.70. The van der Waals surface area contributed by atoms with Crippen molar-refractivity contribution in [3.05, 3.63) is 46.0 Å². The highest BCUT2D eigenvalue weighted by Gasteiger charge is 2.47. The first-order valence-corrected chi connectivity index (χ1v) is 11.8. The summed E-state index contributed by atoms with van der Waals surface area (Å²) in [5.41, 5.74) is 0.855. The van der Waals surface area contributed by atoms with E-state index < -0.39 is 28.8 Å². The van der Waals surface area contributed by atoms with Crippen LogP contribution in [0.1, 0.15) is 58.9 Å². The molecule has 1 N–H and O–H groups in total. The molecular formula is C25H39NO6. The molecule has 2 rings (SSSR count). The zero-order chi connectivity index (χ0) is 23.7. The van der Waals surface area contributed by atoms with Gasteiger partial charge in [0.2, 0.25) is 6.04 Å². The molecule has 0 spiro atoms. The van der Waals surface area contributed by atoms with Crippen molar-refractivity contribution in [2.45, 2.75) is 70.9 Å². The normalized spacial score (nSPS) is 23.5. The van der Waals surface area contributed by atoms with Crippen LogP contribution in [0.15, 0.2) is 30.3 Å². The van der Waals surface area contributed by atoms with E-state index in [0.29, 0.717) is 32.2 Å². The Morgan fingerprint density at radius 3 is 2.47 bits per heavy atom. The maximum absolute atomic E-state index is 13.4. The van der Waals surface area contributed by atoms with Gasteiger partial charge in [-0.2, -0.15) is 0 Å². The largest absolute Gasteiger partial charge is 0.379 e. The van der Waals surface area contributed by atoms with Gasteiger partial charge >= 0.3 is 0 Å². The molecule has 0 saturated heterocycles. The molecular weight excluding hydrogens is 410 g/mol. The van der Waals surface area contributed by atoms with Crippen LogP contribution in [0.5, 0.6) is 0 Å². The van der Waals surface area contributed by atoms with E-state index in [1.807, 2.05) is 25.1 Å². The number of nitro groups is 1. The molecule has 1 saturated carbocycles. The highest BCUT2D eigenvalue weighted by Crippen LogP contribution is 2.46. The van der Waals surface area contributed by atoms with E-state index >= 15 is 0 Å². The monoisotopic (exact) mass is 449 g/mol. The van der Waals surface area contributed by atoms with Gasteiger partial charge in [0.15, 0.2) is 11.9 Å². The van der Waals surface area contributed by atoms with Gasteiger partial charge < -0.3 is 14.6 Å². The van der Waals surface area contributed by atoms with E-state index in [9.17, 15) is 20.0 Å². The van der Waals surface area contributed by atoms with E-state index in [1.54, 1.807) is 0 Å². The molecule has 0 heterocycles. The lowest BCUT2D eigenvalue weighted by Crippen LogP contribution is -2.49. The zero-order valence-corrected chi connectivity index (χ0v) is 19.9. The lowest BCUT2D eigenvalue weighted by molar-refractivity contribution is -0.532. The molecule has 1 aliphatic carbocycles. The standard InChI is InChI=1S/C25H39NO6/c1-5-31-15-16-32-14-13-22(26(29)30)24(28)23(27)20-17-18(2)11-12-21(20)25(3,4)19-9-7-6-8-10-19/h6-10,18,20-22,24,28H,5,11-17H2,1-4H3/t18-,20-,21+,22+,24+/m1/s1. The molecule has 7 nitrogen and oxygen atoms in total. The SMILES string of the molecule is CCOCCOCC[C@@H]([C@H](O)C(=O)[C@@H]1C[C@H](C)CC[C@@H]1C(C)(C)c1ccccc1)[N+](=O)[O-]. The van der Waals surface area contributed by atoms with Crippen molar-refractivity contribution in [1.29, 1.82) is 0 Å². The Morgan fingerprint density at radius 1 is 1.19 bits per heavy atom. The Kier molecular flexibility index (Phi) is 10.3. The average Bonchev–Trinajstić information content (AvgIpc) is 2.77. The summed E-state index contributed by atoms with van der Waals surface area (Å²) in [6.45, 7) is 9.67. The number of aliphatic hydroxyl groups is 1. The number of carbonyl (C=O) groups is 1. The van der Waals surface area contributed by atoms with Crippen LogP contribution in [0.2, 0.25) is 0 Å². The van der Waals surface area contributed by atoms with Crippen LogP contribution < -0.4 is 0 Å². The number of ether oxygens (including phenoxy) is 2. The first kappa shape index (κ1) is 26.4. The van der Waals surface area contributed by atoms with E-state index in [1.165, 1.54) is 0 Å². The molecule has 0 aliphatic heterocycles. The Morgan fingerprint density at radius 2 is 1.84 bits per heavy atom. The number of rotatable bonds is 13. The fraction of sp³-hybridized carbons (Fsp3) is 0.720. The van der Waals surface area contributed by atoms with Crippen LogP contribution >= 0.6 is 0 Å². The number of Topliss-reactive ketones (excluding diaryl/α,β-unsaturated/α-hetero) is 1. The maximum Gasteiger partial charge on any atom is 0.247 e. The number of hydrogen-bond donors (Lipinski definition) is 1. The fourth-order valence-corrected chi connectivity index (χ4v) is 5.00. The second-order valence-electron chi connectivity index (χ2n) is 9.52. The van der Waals surface area contributed by atoms with Crippen molar-refractivity contribution in [2.75, 3.05) is 26.4 Å². The smallest absolute Gasteiger partial charge is 0.247 e. The number of benzene rings is 1. The molecule has 1 aromatic rings. The Labute approximate surface area is 191 Å². The molecule has 7 heteroatoms. The minimum Gasteiger partial charge on any atom is -0.379 e. The molecule has 0 unspecified atom stereocenters. The first-order valence-electron chi connectivity index (χ1n) is 11.8. The minimum atomic E-state index is -1.63. The molecule has 0 aromatic heterocycles. The number of carbonyl (C=O) groups excluding carboxylic acids is 1. The van der Waals surface area contributed by atoms with Crippen LogP contribution in [-0.4, -0.2) is 54.4 Å². The first-order chi connectivity index (χ1) is 15.2. The van der Waals surface area contributed by atoms with Gasteiger partial charge in [-0.15, -0.1) is 0 Å². The predicted molar refractivity (Wildman–Crippen MR) is 123 cm³/mol. The second-order valence-corrected chi connectivity index (χ2v) is 9.52. The lowest BCUT2D eigenvalue weighted by atomic mass is 9.59. The van der Waals surface area contributed by atoms with Crippen LogP contribution in [0.4, 0.5) is 0 Å². The number of nitrogens with zero attached hydrogens (tertiary/aromatic N) is 1. The summed E-state index contributed by atoms with van der Waals surface area (Å²) in [5, 5.41) is 22.5. The van der Waals surface area contributed by atoms with Gasteiger partial charge in [0, 0.05) is 23.9 Å². The van der Waals surface area contributed by atoms with E-state index in [-0.39, 0.29) is 24.4 Å². The van der Waals surface area contributed by atoms with Gasteiger partial charge in [-0.25, -0.2) is 0 Å². The third-order valence-electron chi connectivity index (χ3n) is 6.98. The van der Waals surface area contributed by atoms with Crippen molar-refractivity contribution in [3.8, 4) is 0 Å². The van der Waals surface area contributed by atoms with Gasteiger partial charge in [-0.3, -0.25) is 14.9 Å². The Balaban J connectivity index is 2.13. The summed E-state index contributed by atoms with van der Waals surface area (Å²) in [4.78, 5) is 24.6. The van der Waals surface area contributed by atoms with Crippen LogP contribution in [0.3, 0.4) is 0 Å². The molecule has 0 amide bonds. The Hall–Kier alpha value is -1.83. The quantitative estimate of drug-likeness (QED) is 0.277. The van der Waals surface area contributed by atoms with Crippen LogP contribution in [-0.2, 0) is 19.7 Å². The lowest BCUT2D eigenvalue weighted by Gasteiger charge is -2.44. The highest BCUT2D eigenvalue weighted by molar-refractivity contribution is 5.86. The van der Waals surface area contributed by atoms with Gasteiger partial charge in [-0.05, 0) is 42.6 Å². The molecule has 0 bridgehead atoms. The second kappa shape index (κ2) is 12.4. The molecule has 32 heavy (non-hydrogen) atoms. The molecule has 1 aromatic carbocycles. The maximum atomic E-state index is 13.4. The Bertz CT molecular complexity index is 722. The van der Waals surface area contributed by atoms with Crippen molar-refractivity contribution in [1.82, 2.24) is 0 Å². The molecule has 5 atom stereocenters. The minimum absolute atomic E-state index is 0.0121. The van der Waals surface area contributed by atoms with E-state index in [2.05, 4.69) is 32.9 Å². The highest BCUT2D eigenvalue weighted by atomic mass is 16.6. The van der Waals surface area contributed by atoms with Crippen LogP contribution in [0, 0.1) is 27.9 Å². The van der Waals surface area contributed by atoms with Gasteiger partial charge in [0.05, 0.1) is 19.8 Å². The van der Waals surface area contributed by atoms with Gasteiger partial charge in [0.1, 0.15) is 0 Å². The summed E-state index contributed by atoms with van der Waals surface area (Å²) in [6.07, 6.45) is 0.862. The average molecular weight is 450 g/mol. The van der Waals surface area contributed by atoms with Gasteiger partial charge in [0.25, 0.3) is 0 Å². The molecule has 1 aliphatic rings. The van der Waals surface area contributed by atoms with Crippen molar-refractivity contribution in [3.63, 3.8) is 0 Å². The summed E-state index contributed by atoms with van der Waals surface area (Å²) in [7, 11) is 0. The van der Waals surface area contributed by atoms with Crippen molar-refractivity contribution >= 4 is 5.78 Å². The van der Waals surface area contributed by atoms with E-state index in [4.69, 9.17) is 9.47 Å². The third kappa shape index (κ3) is 6.83. The number of hydrogen-bond acceptors (Lipinski definition) is 6. The fourth-order valence-electron chi connectivity index (χ4n) is 5.00. The van der Waals surface area contributed by atoms with Gasteiger partial charge in [-0.1, -0.05) is 57.5 Å². The van der Waals surface area contributed by atoms with Crippen LogP contribution in [0.25, 0.3) is 0 Å². The zero-order valence-electron chi connectivity index (χ0n) is 19.9. The molecule has 1 fully saturated rings. The van der Waals surface area contributed by atoms with Crippen molar-refractivity contribution < 1.29 is 24.3 Å².